The van der Waals surface area contributed by atoms with Gasteiger partial charge in [-0.05, 0) is 37.5 Å². The van der Waals surface area contributed by atoms with Crippen LogP contribution in [-0.2, 0) is 0 Å². The van der Waals surface area contributed by atoms with Crippen molar-refractivity contribution in [3.63, 3.8) is 0 Å². The third kappa shape index (κ3) is 0.918. The summed E-state index contributed by atoms with van der Waals surface area (Å²) in [5.74, 6) is 0.715. The fourth-order valence-corrected chi connectivity index (χ4v) is 4.77. The maximum absolute atomic E-state index is 10.4. The molecule has 76 valence electrons. The molecule has 2 bridgehead atoms. The summed E-state index contributed by atoms with van der Waals surface area (Å²) in [6.07, 6.45) is 3.48. The van der Waals surface area contributed by atoms with E-state index in [-0.39, 0.29) is 5.41 Å². The summed E-state index contributed by atoms with van der Waals surface area (Å²) in [5.41, 5.74) is -0.0247. The molecular weight excluding hydrogens is 228 g/mol. The van der Waals surface area contributed by atoms with Crippen LogP contribution < -0.4 is 0 Å². The van der Waals surface area contributed by atoms with Gasteiger partial charge in [0.25, 0.3) is 0 Å². The highest BCUT2D eigenvalue weighted by atomic mass is 79.9. The second kappa shape index (κ2) is 2.52. The monoisotopic (exact) mass is 246 g/mol. The molecule has 0 saturated heterocycles. The topological polar surface area (TPSA) is 20.2 Å². The largest absolute Gasteiger partial charge is 0.390 e. The minimum Gasteiger partial charge on any atom is -0.390 e. The second-order valence-corrected chi connectivity index (χ2v) is 6.16. The number of hydrogen-bond donors (Lipinski definition) is 1. The van der Waals surface area contributed by atoms with Crippen LogP contribution in [0.2, 0.25) is 0 Å². The van der Waals surface area contributed by atoms with Crippen molar-refractivity contribution in [3.05, 3.63) is 0 Å². The molecule has 0 radical (unpaired) electrons. The van der Waals surface area contributed by atoms with Crippen molar-refractivity contribution in [2.24, 2.45) is 16.7 Å². The van der Waals surface area contributed by atoms with E-state index in [1.165, 1.54) is 12.8 Å². The molecule has 0 aromatic carbocycles. The fraction of sp³-hybridized carbons (Fsp3) is 1.00. The van der Waals surface area contributed by atoms with Crippen molar-refractivity contribution in [3.8, 4) is 0 Å². The summed E-state index contributed by atoms with van der Waals surface area (Å²) < 4.78 is 0. The molecule has 1 unspecified atom stereocenters. The predicted molar refractivity (Wildman–Crippen MR) is 58.0 cm³/mol. The van der Waals surface area contributed by atoms with Gasteiger partial charge in [-0.2, -0.15) is 0 Å². The lowest BCUT2D eigenvalue weighted by Gasteiger charge is -2.44. The Morgan fingerprint density at radius 2 is 2.00 bits per heavy atom. The van der Waals surface area contributed by atoms with E-state index in [2.05, 4.69) is 29.8 Å². The maximum atomic E-state index is 10.4. The summed E-state index contributed by atoms with van der Waals surface area (Å²) in [5, 5.41) is 11.4. The van der Waals surface area contributed by atoms with E-state index in [4.69, 9.17) is 0 Å². The van der Waals surface area contributed by atoms with Crippen molar-refractivity contribution < 1.29 is 5.11 Å². The van der Waals surface area contributed by atoms with E-state index in [9.17, 15) is 5.11 Å². The molecule has 2 fully saturated rings. The van der Waals surface area contributed by atoms with Gasteiger partial charge in [0.1, 0.15) is 0 Å². The molecule has 2 saturated carbocycles. The van der Waals surface area contributed by atoms with Gasteiger partial charge in [0.2, 0.25) is 0 Å². The summed E-state index contributed by atoms with van der Waals surface area (Å²) in [7, 11) is 0. The number of aliphatic hydroxyl groups is 1. The Bertz CT molecular complexity index is 238. The van der Waals surface area contributed by atoms with Gasteiger partial charge in [-0.1, -0.05) is 29.8 Å². The average molecular weight is 247 g/mol. The first-order chi connectivity index (χ1) is 5.87. The lowest BCUT2D eigenvalue weighted by molar-refractivity contribution is -0.0732. The molecular formula is C11H19BrO. The average Bonchev–Trinajstić information content (AvgIpc) is 2.37. The van der Waals surface area contributed by atoms with Crippen LogP contribution in [0, 0.1) is 16.7 Å². The van der Waals surface area contributed by atoms with E-state index in [1.807, 2.05) is 6.92 Å². The molecule has 0 spiro atoms. The third-order valence-electron chi connectivity index (χ3n) is 5.26. The highest BCUT2D eigenvalue weighted by Crippen LogP contribution is 2.70. The molecule has 2 aliphatic carbocycles. The number of rotatable bonds is 1. The van der Waals surface area contributed by atoms with E-state index < -0.39 is 5.60 Å². The minimum atomic E-state index is -0.446. The lowest BCUT2D eigenvalue weighted by Crippen LogP contribution is -2.46. The molecule has 2 rings (SSSR count). The van der Waals surface area contributed by atoms with Gasteiger partial charge in [-0.3, -0.25) is 0 Å². The molecule has 2 heteroatoms. The molecule has 4 atom stereocenters. The first-order valence-electron chi connectivity index (χ1n) is 5.16. The van der Waals surface area contributed by atoms with Crippen molar-refractivity contribution >= 4 is 15.9 Å². The van der Waals surface area contributed by atoms with Gasteiger partial charge >= 0.3 is 0 Å². The van der Waals surface area contributed by atoms with Gasteiger partial charge < -0.3 is 5.11 Å². The Labute approximate surface area is 89.0 Å². The molecule has 0 heterocycles. The fourth-order valence-electron chi connectivity index (χ4n) is 3.69. The molecule has 1 N–H and O–H groups in total. The zero-order valence-electron chi connectivity index (χ0n) is 8.73. The second-order valence-electron chi connectivity index (χ2n) is 5.60. The number of alkyl halides is 1. The van der Waals surface area contributed by atoms with Crippen LogP contribution in [0.5, 0.6) is 0 Å². The Morgan fingerprint density at radius 1 is 1.38 bits per heavy atom. The van der Waals surface area contributed by atoms with E-state index in [0.29, 0.717) is 11.3 Å². The molecule has 1 nitrogen and oxygen atoms in total. The number of hydrogen-bond acceptors (Lipinski definition) is 1. The summed E-state index contributed by atoms with van der Waals surface area (Å²) in [6.45, 7) is 6.62. The van der Waals surface area contributed by atoms with E-state index in [1.54, 1.807) is 0 Å². The quantitative estimate of drug-likeness (QED) is 0.706. The summed E-state index contributed by atoms with van der Waals surface area (Å²) in [4.78, 5) is 0. The standard InChI is InChI=1S/C11H19BrO/c1-9(7-12)8-4-5-10(9,2)11(3,13)6-8/h8,13H,4-7H2,1-3H3/t8-,9?,10-,11-/m1/s1. The van der Waals surface area contributed by atoms with Crippen molar-refractivity contribution in [2.75, 3.05) is 5.33 Å². The molecule has 2 aliphatic rings. The van der Waals surface area contributed by atoms with Gasteiger partial charge in [-0.25, -0.2) is 0 Å². The van der Waals surface area contributed by atoms with Crippen LogP contribution in [0.15, 0.2) is 0 Å². The first kappa shape index (κ1) is 9.97. The molecule has 0 aromatic rings. The summed E-state index contributed by atoms with van der Waals surface area (Å²) in [6, 6.07) is 0. The first-order valence-corrected chi connectivity index (χ1v) is 6.28. The van der Waals surface area contributed by atoms with Gasteiger partial charge in [0.05, 0.1) is 5.60 Å². The highest BCUT2D eigenvalue weighted by Gasteiger charge is 2.67. The van der Waals surface area contributed by atoms with Crippen LogP contribution in [0.1, 0.15) is 40.0 Å². The number of fused-ring (bicyclic) bond motifs is 2. The predicted octanol–water partition coefficient (Wildman–Crippen LogP) is 2.96. The smallest absolute Gasteiger partial charge is 0.0681 e. The normalized spacial score (nSPS) is 60.2. The van der Waals surface area contributed by atoms with Gasteiger partial charge in [0, 0.05) is 10.7 Å². The molecule has 0 aromatic heterocycles. The molecule has 0 aliphatic heterocycles. The Balaban J connectivity index is 2.45. The van der Waals surface area contributed by atoms with Crippen LogP contribution in [0.3, 0.4) is 0 Å². The number of halogens is 1. The van der Waals surface area contributed by atoms with Crippen molar-refractivity contribution in [1.29, 1.82) is 0 Å². The Morgan fingerprint density at radius 3 is 2.23 bits per heavy atom. The zero-order valence-corrected chi connectivity index (χ0v) is 10.3. The van der Waals surface area contributed by atoms with Crippen LogP contribution in [0.25, 0.3) is 0 Å². The van der Waals surface area contributed by atoms with E-state index >= 15 is 0 Å². The Hall–Kier alpha value is 0.440. The SMILES string of the molecule is CC1(CBr)[C@@H]2CC[C@@]1(C)[C@](C)(O)C2. The highest BCUT2D eigenvalue weighted by molar-refractivity contribution is 9.09. The summed E-state index contributed by atoms with van der Waals surface area (Å²) >= 11 is 3.63. The third-order valence-corrected chi connectivity index (χ3v) is 6.43. The Kier molecular flexibility index (Phi) is 1.93. The van der Waals surface area contributed by atoms with Crippen LogP contribution in [-0.4, -0.2) is 16.0 Å². The van der Waals surface area contributed by atoms with Crippen molar-refractivity contribution in [2.45, 2.75) is 45.6 Å². The van der Waals surface area contributed by atoms with Crippen molar-refractivity contribution in [1.82, 2.24) is 0 Å². The van der Waals surface area contributed by atoms with Crippen LogP contribution in [0.4, 0.5) is 0 Å². The van der Waals surface area contributed by atoms with Crippen LogP contribution >= 0.6 is 15.9 Å². The molecule has 13 heavy (non-hydrogen) atoms. The lowest BCUT2D eigenvalue weighted by atomic mass is 9.65. The zero-order chi connectivity index (χ0) is 9.91. The minimum absolute atomic E-state index is 0.119. The van der Waals surface area contributed by atoms with Gasteiger partial charge in [0.15, 0.2) is 0 Å². The maximum Gasteiger partial charge on any atom is 0.0681 e. The van der Waals surface area contributed by atoms with Gasteiger partial charge in [-0.15, -0.1) is 0 Å². The molecule has 0 amide bonds. The van der Waals surface area contributed by atoms with E-state index in [0.717, 1.165) is 11.8 Å².